The number of nitrogens with two attached hydrogens (primary N) is 1. The summed E-state index contributed by atoms with van der Waals surface area (Å²) >= 11 is 0. The molecule has 8 heteroatoms. The largest absolute Gasteiger partial charge is 0.507 e. The van der Waals surface area contributed by atoms with Gasteiger partial charge >= 0.3 is 0 Å². The maximum atomic E-state index is 11.4. The van der Waals surface area contributed by atoms with E-state index in [1.807, 2.05) is 11.8 Å². The number of aromatic hydroxyl groups is 1. The summed E-state index contributed by atoms with van der Waals surface area (Å²) in [5.41, 5.74) is 5.73. The van der Waals surface area contributed by atoms with Crippen molar-refractivity contribution in [3.8, 4) is 5.75 Å². The fourth-order valence-corrected chi connectivity index (χ4v) is 2.62. The van der Waals surface area contributed by atoms with Gasteiger partial charge in [0.25, 0.3) is 5.91 Å². The molecule has 0 saturated carbocycles. The van der Waals surface area contributed by atoms with Crippen molar-refractivity contribution < 1.29 is 19.7 Å². The first-order valence-electron chi connectivity index (χ1n) is 7.98. The summed E-state index contributed by atoms with van der Waals surface area (Å²) in [7, 11) is 1.64. The van der Waals surface area contributed by atoms with E-state index >= 15 is 0 Å². The van der Waals surface area contributed by atoms with E-state index < -0.39 is 12.0 Å². The number of aliphatic hydroxyl groups excluding tert-OH is 1. The maximum absolute atomic E-state index is 11.4. The topological polar surface area (TPSA) is 125 Å². The molecule has 2 aromatic rings. The van der Waals surface area contributed by atoms with Crippen LogP contribution in [0, 0.1) is 0 Å². The average Bonchev–Trinajstić information content (AvgIpc) is 3.11. The first-order chi connectivity index (χ1) is 11.9. The van der Waals surface area contributed by atoms with Crippen LogP contribution in [0.4, 0.5) is 5.82 Å². The average molecular weight is 348 g/mol. The highest BCUT2D eigenvalue weighted by Crippen LogP contribution is 2.25. The third-order valence-electron chi connectivity index (χ3n) is 4.11. The molecular formula is C17H24N4O4. The predicted octanol–water partition coefficient (Wildman–Crippen LogP) is 1.18. The lowest BCUT2D eigenvalue weighted by atomic mass is 10.0. The zero-order chi connectivity index (χ0) is 18.4. The van der Waals surface area contributed by atoms with Crippen LogP contribution in [0.15, 0.2) is 30.7 Å². The molecule has 0 fully saturated rings. The van der Waals surface area contributed by atoms with Gasteiger partial charge in [-0.15, -0.1) is 0 Å². The number of imidazole rings is 1. The van der Waals surface area contributed by atoms with Crippen LogP contribution in [0.3, 0.4) is 0 Å². The third kappa shape index (κ3) is 4.71. The number of methoxy groups -OCH3 is 1. The summed E-state index contributed by atoms with van der Waals surface area (Å²) in [6, 6.07) is 4.42. The number of aromatic nitrogens is 2. The number of carbonyl (C=O) groups excluding carboxylic acids is 1. The molecule has 2 rings (SSSR count). The minimum absolute atomic E-state index is 0.0166. The van der Waals surface area contributed by atoms with E-state index in [-0.39, 0.29) is 23.9 Å². The van der Waals surface area contributed by atoms with Crippen molar-refractivity contribution in [1.29, 1.82) is 0 Å². The van der Waals surface area contributed by atoms with Crippen molar-refractivity contribution >= 4 is 11.7 Å². The first kappa shape index (κ1) is 18.8. The SMILES string of the molecule is COCCC(C)N(CC(O)c1ccc(O)c(C(N)=O)c1)c1cnc[nH]1. The number of hydrogen-bond donors (Lipinski definition) is 4. The van der Waals surface area contributed by atoms with Gasteiger partial charge in [0.2, 0.25) is 0 Å². The molecule has 2 unspecified atom stereocenters. The van der Waals surface area contributed by atoms with E-state index in [1.165, 1.54) is 12.1 Å². The van der Waals surface area contributed by atoms with Gasteiger partial charge in [0.1, 0.15) is 11.6 Å². The molecule has 0 aliphatic carbocycles. The van der Waals surface area contributed by atoms with Crippen molar-refractivity contribution in [2.75, 3.05) is 25.2 Å². The molecule has 5 N–H and O–H groups in total. The molecule has 0 aliphatic rings. The number of ether oxygens (including phenoxy) is 1. The van der Waals surface area contributed by atoms with E-state index in [9.17, 15) is 15.0 Å². The zero-order valence-corrected chi connectivity index (χ0v) is 14.3. The Morgan fingerprint density at radius 2 is 2.24 bits per heavy atom. The molecule has 0 bridgehead atoms. The molecule has 1 aromatic carbocycles. The Morgan fingerprint density at radius 1 is 1.48 bits per heavy atom. The van der Waals surface area contributed by atoms with Gasteiger partial charge in [0.15, 0.2) is 0 Å². The molecule has 0 radical (unpaired) electrons. The van der Waals surface area contributed by atoms with Gasteiger partial charge < -0.3 is 30.6 Å². The second-order valence-electron chi connectivity index (χ2n) is 5.88. The van der Waals surface area contributed by atoms with Crippen molar-refractivity contribution in [2.24, 2.45) is 5.73 Å². The number of benzene rings is 1. The van der Waals surface area contributed by atoms with Crippen molar-refractivity contribution in [3.05, 3.63) is 41.9 Å². The quantitative estimate of drug-likeness (QED) is 0.539. The highest BCUT2D eigenvalue weighted by Gasteiger charge is 2.21. The summed E-state index contributed by atoms with van der Waals surface area (Å²) in [5.74, 6) is -0.177. The summed E-state index contributed by atoms with van der Waals surface area (Å²) in [5, 5.41) is 20.3. The summed E-state index contributed by atoms with van der Waals surface area (Å²) in [6.45, 7) is 2.89. The van der Waals surface area contributed by atoms with Crippen LogP contribution in [0.2, 0.25) is 0 Å². The van der Waals surface area contributed by atoms with Crippen LogP contribution in [0.1, 0.15) is 35.4 Å². The molecule has 1 aromatic heterocycles. The van der Waals surface area contributed by atoms with Gasteiger partial charge in [-0.2, -0.15) is 0 Å². The van der Waals surface area contributed by atoms with E-state index in [2.05, 4.69) is 9.97 Å². The molecule has 8 nitrogen and oxygen atoms in total. The number of anilines is 1. The number of amides is 1. The Kier molecular flexibility index (Phi) is 6.37. The highest BCUT2D eigenvalue weighted by molar-refractivity contribution is 5.95. The Bertz CT molecular complexity index is 690. The van der Waals surface area contributed by atoms with Gasteiger partial charge in [0, 0.05) is 26.3 Å². The number of carbonyl (C=O) groups is 1. The number of aromatic amines is 1. The normalized spacial score (nSPS) is 13.4. The smallest absolute Gasteiger partial charge is 0.252 e. The fraction of sp³-hybridized carbons (Fsp3) is 0.412. The molecule has 0 spiro atoms. The summed E-state index contributed by atoms with van der Waals surface area (Å²) in [6.07, 6.45) is 3.14. The minimum atomic E-state index is -0.882. The number of hydrogen-bond acceptors (Lipinski definition) is 6. The number of primary amides is 1. The van der Waals surface area contributed by atoms with Gasteiger partial charge in [-0.3, -0.25) is 4.79 Å². The predicted molar refractivity (Wildman–Crippen MR) is 93.5 cm³/mol. The van der Waals surface area contributed by atoms with Crippen molar-refractivity contribution in [3.63, 3.8) is 0 Å². The van der Waals surface area contributed by atoms with E-state index in [0.717, 1.165) is 12.2 Å². The number of nitrogens with one attached hydrogen (secondary N) is 1. The number of rotatable bonds is 9. The number of nitrogens with zero attached hydrogens (tertiary/aromatic N) is 2. The van der Waals surface area contributed by atoms with Crippen LogP contribution in [-0.2, 0) is 4.74 Å². The van der Waals surface area contributed by atoms with Crippen molar-refractivity contribution in [1.82, 2.24) is 9.97 Å². The number of H-pyrrole nitrogens is 1. The Balaban J connectivity index is 2.20. The van der Waals surface area contributed by atoms with Crippen LogP contribution >= 0.6 is 0 Å². The second kappa shape index (κ2) is 8.50. The van der Waals surface area contributed by atoms with Crippen LogP contribution in [0.25, 0.3) is 0 Å². The Hall–Kier alpha value is -2.58. The van der Waals surface area contributed by atoms with Crippen molar-refractivity contribution in [2.45, 2.75) is 25.5 Å². The number of phenols is 1. The molecule has 0 aliphatic heterocycles. The molecular weight excluding hydrogens is 324 g/mol. The first-order valence-corrected chi connectivity index (χ1v) is 7.98. The molecule has 1 heterocycles. The van der Waals surface area contributed by atoms with Gasteiger partial charge in [-0.05, 0) is 31.0 Å². The molecule has 2 atom stereocenters. The van der Waals surface area contributed by atoms with E-state index in [1.54, 1.807) is 25.7 Å². The maximum Gasteiger partial charge on any atom is 0.252 e. The van der Waals surface area contributed by atoms with Gasteiger partial charge in [0.05, 0.1) is 24.2 Å². The standard InChI is InChI=1S/C17H24N4O4/c1-11(5-6-25-2)21(16-8-19-10-20-16)9-15(23)12-3-4-14(22)13(7-12)17(18)24/h3-4,7-8,10-11,15,22-23H,5-6,9H2,1-2H3,(H2,18,24)(H,19,20). The Morgan fingerprint density at radius 3 is 2.84 bits per heavy atom. The second-order valence-corrected chi connectivity index (χ2v) is 5.88. The lowest BCUT2D eigenvalue weighted by Crippen LogP contribution is -2.37. The van der Waals surface area contributed by atoms with E-state index in [4.69, 9.17) is 10.5 Å². The third-order valence-corrected chi connectivity index (χ3v) is 4.11. The highest BCUT2D eigenvalue weighted by atomic mass is 16.5. The van der Waals surface area contributed by atoms with Crippen LogP contribution in [-0.4, -0.2) is 52.4 Å². The molecule has 136 valence electrons. The van der Waals surface area contributed by atoms with Crippen LogP contribution < -0.4 is 10.6 Å². The fourth-order valence-electron chi connectivity index (χ4n) is 2.62. The van der Waals surface area contributed by atoms with Gasteiger partial charge in [-0.1, -0.05) is 6.07 Å². The lowest BCUT2D eigenvalue weighted by molar-refractivity contribution is 0.0997. The lowest BCUT2D eigenvalue weighted by Gasteiger charge is -2.31. The summed E-state index contributed by atoms with van der Waals surface area (Å²) in [4.78, 5) is 20.4. The monoisotopic (exact) mass is 348 g/mol. The molecule has 1 amide bonds. The molecule has 25 heavy (non-hydrogen) atoms. The van der Waals surface area contributed by atoms with Gasteiger partial charge in [-0.25, -0.2) is 4.98 Å². The van der Waals surface area contributed by atoms with Crippen LogP contribution in [0.5, 0.6) is 5.75 Å². The number of aliphatic hydroxyl groups is 1. The van der Waals surface area contributed by atoms with E-state index in [0.29, 0.717) is 12.2 Å². The minimum Gasteiger partial charge on any atom is -0.507 e. The molecule has 0 saturated heterocycles. The summed E-state index contributed by atoms with van der Waals surface area (Å²) < 4.78 is 5.13. The zero-order valence-electron chi connectivity index (χ0n) is 14.3. The Labute approximate surface area is 146 Å².